The van der Waals surface area contributed by atoms with Crippen LogP contribution in [0.2, 0.25) is 0 Å². The minimum atomic E-state index is -0.379. The number of rotatable bonds is 4. The molecule has 0 atom stereocenters. The molecule has 1 heterocycles. The zero-order chi connectivity index (χ0) is 16.2. The Morgan fingerprint density at radius 2 is 1.96 bits per heavy atom. The predicted molar refractivity (Wildman–Crippen MR) is 83.5 cm³/mol. The first-order valence-corrected chi connectivity index (χ1v) is 7.75. The van der Waals surface area contributed by atoms with Crippen LogP contribution in [-0.2, 0) is 17.6 Å². The van der Waals surface area contributed by atoms with Crippen molar-refractivity contribution in [3.63, 3.8) is 0 Å². The Morgan fingerprint density at radius 1 is 1.22 bits per heavy atom. The third-order valence-corrected chi connectivity index (χ3v) is 3.82. The SMILES string of the molecule is CCOC(=O)c1ccc(NC(=O)c2noc3c2CCCC3)cc1. The van der Waals surface area contributed by atoms with E-state index in [0.717, 1.165) is 37.0 Å². The molecule has 1 aliphatic carbocycles. The smallest absolute Gasteiger partial charge is 0.338 e. The zero-order valence-corrected chi connectivity index (χ0v) is 12.9. The highest BCUT2D eigenvalue weighted by atomic mass is 16.5. The summed E-state index contributed by atoms with van der Waals surface area (Å²) in [5, 5.41) is 6.68. The third-order valence-electron chi connectivity index (χ3n) is 3.82. The van der Waals surface area contributed by atoms with Crippen molar-refractivity contribution in [1.29, 1.82) is 0 Å². The second-order valence-corrected chi connectivity index (χ2v) is 5.39. The maximum Gasteiger partial charge on any atom is 0.338 e. The summed E-state index contributed by atoms with van der Waals surface area (Å²) in [7, 11) is 0. The molecular weight excluding hydrogens is 296 g/mol. The molecular formula is C17H18N2O4. The van der Waals surface area contributed by atoms with E-state index in [1.807, 2.05) is 0 Å². The number of amides is 1. The Hall–Kier alpha value is -2.63. The fourth-order valence-corrected chi connectivity index (χ4v) is 2.66. The standard InChI is InChI=1S/C17H18N2O4/c1-2-22-17(21)11-7-9-12(10-8-11)18-16(20)15-13-5-3-4-6-14(13)23-19-15/h7-10H,2-6H2,1H3,(H,18,20). The second-order valence-electron chi connectivity index (χ2n) is 5.39. The first-order chi connectivity index (χ1) is 11.2. The number of nitrogens with one attached hydrogen (secondary N) is 1. The molecule has 0 aliphatic heterocycles. The molecule has 0 saturated carbocycles. The van der Waals surface area contributed by atoms with Gasteiger partial charge in [0.15, 0.2) is 5.69 Å². The normalized spacial score (nSPS) is 13.3. The molecule has 2 aromatic rings. The molecule has 1 aliphatic rings. The van der Waals surface area contributed by atoms with E-state index < -0.39 is 0 Å². The monoisotopic (exact) mass is 314 g/mol. The molecule has 0 spiro atoms. The topological polar surface area (TPSA) is 81.4 Å². The van der Waals surface area contributed by atoms with E-state index in [4.69, 9.17) is 9.26 Å². The summed E-state index contributed by atoms with van der Waals surface area (Å²) in [4.78, 5) is 23.9. The van der Waals surface area contributed by atoms with Crippen molar-refractivity contribution in [2.45, 2.75) is 32.6 Å². The van der Waals surface area contributed by atoms with Crippen molar-refractivity contribution >= 4 is 17.6 Å². The van der Waals surface area contributed by atoms with Crippen LogP contribution in [0.15, 0.2) is 28.8 Å². The van der Waals surface area contributed by atoms with Crippen LogP contribution in [0.1, 0.15) is 51.9 Å². The molecule has 0 bridgehead atoms. The van der Waals surface area contributed by atoms with Crippen LogP contribution in [0, 0.1) is 0 Å². The molecule has 0 saturated heterocycles. The van der Waals surface area contributed by atoms with E-state index in [2.05, 4.69) is 10.5 Å². The Morgan fingerprint density at radius 3 is 2.70 bits per heavy atom. The van der Waals surface area contributed by atoms with Crippen LogP contribution in [0.25, 0.3) is 0 Å². The van der Waals surface area contributed by atoms with Gasteiger partial charge in [-0.1, -0.05) is 5.16 Å². The lowest BCUT2D eigenvalue weighted by Gasteiger charge is -2.09. The number of aromatic nitrogens is 1. The molecule has 23 heavy (non-hydrogen) atoms. The van der Waals surface area contributed by atoms with Gasteiger partial charge in [0.25, 0.3) is 5.91 Å². The third kappa shape index (κ3) is 3.26. The molecule has 0 unspecified atom stereocenters. The van der Waals surface area contributed by atoms with Crippen molar-refractivity contribution in [2.75, 3.05) is 11.9 Å². The summed E-state index contributed by atoms with van der Waals surface area (Å²) in [6, 6.07) is 6.56. The number of carbonyl (C=O) groups excluding carboxylic acids is 2. The van der Waals surface area contributed by atoms with E-state index in [9.17, 15) is 9.59 Å². The van der Waals surface area contributed by atoms with Gasteiger partial charge in [0.05, 0.1) is 12.2 Å². The summed E-state index contributed by atoms with van der Waals surface area (Å²) < 4.78 is 10.2. The van der Waals surface area contributed by atoms with Gasteiger partial charge >= 0.3 is 5.97 Å². The van der Waals surface area contributed by atoms with Crippen molar-refractivity contribution in [3.05, 3.63) is 46.8 Å². The predicted octanol–water partition coefficient (Wildman–Crippen LogP) is 2.98. The number of anilines is 1. The van der Waals surface area contributed by atoms with Crippen LogP contribution >= 0.6 is 0 Å². The molecule has 1 aromatic heterocycles. The number of aryl methyl sites for hydroxylation is 1. The van der Waals surface area contributed by atoms with Crippen molar-refractivity contribution in [1.82, 2.24) is 5.16 Å². The van der Waals surface area contributed by atoms with Crippen LogP contribution in [0.5, 0.6) is 0 Å². The summed E-state index contributed by atoms with van der Waals surface area (Å²) in [5.41, 5.74) is 2.31. The van der Waals surface area contributed by atoms with E-state index in [1.54, 1.807) is 31.2 Å². The summed E-state index contributed by atoms with van der Waals surface area (Å²) >= 11 is 0. The number of ether oxygens (including phenoxy) is 1. The Bertz CT molecular complexity index is 719. The van der Waals surface area contributed by atoms with E-state index >= 15 is 0 Å². The van der Waals surface area contributed by atoms with Gasteiger partial charge in [0, 0.05) is 17.7 Å². The number of carbonyl (C=O) groups is 2. The van der Waals surface area contributed by atoms with Crippen LogP contribution < -0.4 is 5.32 Å². The van der Waals surface area contributed by atoms with Gasteiger partial charge in [-0.3, -0.25) is 4.79 Å². The lowest BCUT2D eigenvalue weighted by molar-refractivity contribution is 0.0526. The zero-order valence-electron chi connectivity index (χ0n) is 12.9. The quantitative estimate of drug-likeness (QED) is 0.877. The van der Waals surface area contributed by atoms with Crippen LogP contribution in [0.4, 0.5) is 5.69 Å². The van der Waals surface area contributed by atoms with Crippen molar-refractivity contribution in [3.8, 4) is 0 Å². The fraction of sp³-hybridized carbons (Fsp3) is 0.353. The first kappa shape index (κ1) is 15.3. The number of hydrogen-bond acceptors (Lipinski definition) is 5. The molecule has 6 heteroatoms. The second kappa shape index (κ2) is 6.64. The van der Waals surface area contributed by atoms with Gasteiger partial charge in [-0.2, -0.15) is 0 Å². The van der Waals surface area contributed by atoms with Crippen LogP contribution in [0.3, 0.4) is 0 Å². The molecule has 3 rings (SSSR count). The van der Waals surface area contributed by atoms with Gasteiger partial charge in [0.1, 0.15) is 5.76 Å². The summed E-state index contributed by atoms with van der Waals surface area (Å²) in [6.45, 7) is 2.08. The van der Waals surface area contributed by atoms with Crippen molar-refractivity contribution in [2.24, 2.45) is 0 Å². The molecule has 1 amide bonds. The molecule has 1 N–H and O–H groups in total. The van der Waals surface area contributed by atoms with Gasteiger partial charge in [-0.05, 0) is 50.5 Å². The number of benzene rings is 1. The fourth-order valence-electron chi connectivity index (χ4n) is 2.66. The molecule has 6 nitrogen and oxygen atoms in total. The maximum absolute atomic E-state index is 12.3. The Kier molecular flexibility index (Phi) is 4.41. The highest BCUT2D eigenvalue weighted by Gasteiger charge is 2.24. The van der Waals surface area contributed by atoms with E-state index in [-0.39, 0.29) is 11.9 Å². The van der Waals surface area contributed by atoms with Gasteiger partial charge in [-0.15, -0.1) is 0 Å². The Balaban J connectivity index is 1.71. The first-order valence-electron chi connectivity index (χ1n) is 7.75. The number of fused-ring (bicyclic) bond motifs is 1. The highest BCUT2D eigenvalue weighted by Crippen LogP contribution is 2.24. The number of hydrogen-bond donors (Lipinski definition) is 1. The Labute approximate surface area is 133 Å². The molecule has 1 aromatic carbocycles. The summed E-state index contributed by atoms with van der Waals surface area (Å²) in [6.07, 6.45) is 3.77. The number of nitrogens with zero attached hydrogens (tertiary/aromatic N) is 1. The lowest BCUT2D eigenvalue weighted by atomic mass is 9.96. The van der Waals surface area contributed by atoms with Gasteiger partial charge < -0.3 is 14.6 Å². The highest BCUT2D eigenvalue weighted by molar-refractivity contribution is 6.04. The van der Waals surface area contributed by atoms with E-state index in [1.165, 1.54) is 0 Å². The summed E-state index contributed by atoms with van der Waals surface area (Å²) in [5.74, 6) is 0.149. The molecule has 0 radical (unpaired) electrons. The molecule has 120 valence electrons. The average Bonchev–Trinajstić information content (AvgIpc) is 3.00. The minimum Gasteiger partial charge on any atom is -0.462 e. The maximum atomic E-state index is 12.3. The van der Waals surface area contributed by atoms with Gasteiger partial charge in [-0.25, -0.2) is 4.79 Å². The van der Waals surface area contributed by atoms with Gasteiger partial charge in [0.2, 0.25) is 0 Å². The largest absolute Gasteiger partial charge is 0.462 e. The lowest BCUT2D eigenvalue weighted by Crippen LogP contribution is -2.15. The molecule has 0 fully saturated rings. The average molecular weight is 314 g/mol. The number of esters is 1. The minimum absolute atomic E-state index is 0.291. The van der Waals surface area contributed by atoms with Crippen molar-refractivity contribution < 1.29 is 18.8 Å². The van der Waals surface area contributed by atoms with E-state index in [0.29, 0.717) is 23.6 Å². The van der Waals surface area contributed by atoms with Crippen LogP contribution in [-0.4, -0.2) is 23.6 Å².